The van der Waals surface area contributed by atoms with Crippen LogP contribution in [0.15, 0.2) is 0 Å². The number of rotatable bonds is 3. The van der Waals surface area contributed by atoms with Crippen molar-refractivity contribution in [3.05, 3.63) is 0 Å². The van der Waals surface area contributed by atoms with Gasteiger partial charge < -0.3 is 5.11 Å². The SMILES string of the molecule is CC(C)(O)CCN1CCCNS1(=O)=O. The van der Waals surface area contributed by atoms with Gasteiger partial charge in [0.2, 0.25) is 0 Å². The molecule has 1 saturated heterocycles. The topological polar surface area (TPSA) is 69.6 Å². The van der Waals surface area contributed by atoms with Gasteiger partial charge >= 0.3 is 0 Å². The fraction of sp³-hybridized carbons (Fsp3) is 1.00. The summed E-state index contributed by atoms with van der Waals surface area (Å²) in [5.74, 6) is 0. The molecule has 0 saturated carbocycles. The molecule has 5 nitrogen and oxygen atoms in total. The van der Waals surface area contributed by atoms with Gasteiger partial charge in [0.25, 0.3) is 10.2 Å². The van der Waals surface area contributed by atoms with E-state index in [1.165, 1.54) is 4.31 Å². The molecule has 1 rings (SSSR count). The summed E-state index contributed by atoms with van der Waals surface area (Å²) in [6.07, 6.45) is 1.28. The lowest BCUT2D eigenvalue weighted by molar-refractivity contribution is 0.0651. The maximum absolute atomic E-state index is 11.4. The van der Waals surface area contributed by atoms with Crippen LogP contribution in [0.5, 0.6) is 0 Å². The second kappa shape index (κ2) is 4.14. The standard InChI is InChI=1S/C8H18N2O3S/c1-8(2,11)4-7-10-6-3-5-9-14(10,12)13/h9,11H,3-7H2,1-2H3. The molecule has 0 spiro atoms. The first-order valence-electron chi connectivity index (χ1n) is 4.78. The van der Waals surface area contributed by atoms with Crippen molar-refractivity contribution in [2.45, 2.75) is 32.3 Å². The van der Waals surface area contributed by atoms with Gasteiger partial charge in [0.1, 0.15) is 0 Å². The lowest BCUT2D eigenvalue weighted by Crippen LogP contribution is -2.48. The zero-order chi connectivity index (χ0) is 10.8. The summed E-state index contributed by atoms with van der Waals surface area (Å²) in [7, 11) is -3.27. The molecule has 1 aliphatic heterocycles. The lowest BCUT2D eigenvalue weighted by atomic mass is 10.1. The second-order valence-electron chi connectivity index (χ2n) is 4.21. The minimum Gasteiger partial charge on any atom is -0.390 e. The van der Waals surface area contributed by atoms with Crippen LogP contribution in [-0.4, -0.2) is 43.1 Å². The molecule has 6 heteroatoms. The summed E-state index contributed by atoms with van der Waals surface area (Å²) in [5.41, 5.74) is -0.813. The molecule has 0 amide bonds. The normalized spacial score (nSPS) is 23.6. The van der Waals surface area contributed by atoms with E-state index < -0.39 is 15.8 Å². The van der Waals surface area contributed by atoms with Crippen molar-refractivity contribution in [1.82, 2.24) is 9.03 Å². The van der Waals surface area contributed by atoms with Gasteiger partial charge in [-0.2, -0.15) is 12.7 Å². The minimum absolute atomic E-state index is 0.374. The number of hydrogen-bond acceptors (Lipinski definition) is 3. The summed E-state index contributed by atoms with van der Waals surface area (Å²) in [6, 6.07) is 0. The minimum atomic E-state index is -3.27. The van der Waals surface area contributed by atoms with Crippen molar-refractivity contribution in [2.75, 3.05) is 19.6 Å². The summed E-state index contributed by atoms with van der Waals surface area (Å²) >= 11 is 0. The van der Waals surface area contributed by atoms with Gasteiger partial charge in [0, 0.05) is 19.6 Å². The summed E-state index contributed by atoms with van der Waals surface area (Å²) < 4.78 is 26.7. The van der Waals surface area contributed by atoms with E-state index in [0.717, 1.165) is 6.42 Å². The molecular formula is C8H18N2O3S. The highest BCUT2D eigenvalue weighted by molar-refractivity contribution is 7.87. The van der Waals surface area contributed by atoms with E-state index in [1.54, 1.807) is 13.8 Å². The maximum Gasteiger partial charge on any atom is 0.279 e. The first kappa shape index (κ1) is 11.9. The summed E-state index contributed by atoms with van der Waals surface area (Å²) in [4.78, 5) is 0. The van der Waals surface area contributed by atoms with Gasteiger partial charge in [-0.3, -0.25) is 0 Å². The second-order valence-corrected chi connectivity index (χ2v) is 5.97. The van der Waals surface area contributed by atoms with Crippen LogP contribution in [0.25, 0.3) is 0 Å². The van der Waals surface area contributed by atoms with E-state index in [1.807, 2.05) is 0 Å². The van der Waals surface area contributed by atoms with E-state index in [-0.39, 0.29) is 0 Å². The molecular weight excluding hydrogens is 204 g/mol. The maximum atomic E-state index is 11.4. The highest BCUT2D eigenvalue weighted by Gasteiger charge is 2.26. The Morgan fingerprint density at radius 2 is 2.14 bits per heavy atom. The first-order valence-corrected chi connectivity index (χ1v) is 6.22. The summed E-state index contributed by atoms with van der Waals surface area (Å²) in [6.45, 7) is 4.79. The van der Waals surface area contributed by atoms with Gasteiger partial charge in [-0.25, -0.2) is 4.72 Å². The van der Waals surface area contributed by atoms with Crippen molar-refractivity contribution in [3.63, 3.8) is 0 Å². The van der Waals surface area contributed by atoms with E-state index in [9.17, 15) is 13.5 Å². The average Bonchev–Trinajstić information content (AvgIpc) is 2.00. The molecule has 14 heavy (non-hydrogen) atoms. The molecule has 0 unspecified atom stereocenters. The predicted molar refractivity (Wildman–Crippen MR) is 54.0 cm³/mol. The molecule has 0 atom stereocenters. The number of hydrogen-bond donors (Lipinski definition) is 2. The number of aliphatic hydroxyl groups is 1. The molecule has 2 N–H and O–H groups in total. The van der Waals surface area contributed by atoms with Crippen LogP contribution in [0, 0.1) is 0 Å². The van der Waals surface area contributed by atoms with Crippen molar-refractivity contribution >= 4 is 10.2 Å². The van der Waals surface area contributed by atoms with Gasteiger partial charge in [-0.05, 0) is 26.7 Å². The number of nitrogens with zero attached hydrogens (tertiary/aromatic N) is 1. The number of nitrogens with one attached hydrogen (secondary N) is 1. The Balaban J connectivity index is 2.51. The Hall–Kier alpha value is -0.170. The molecule has 0 aliphatic carbocycles. The molecule has 0 aromatic heterocycles. The highest BCUT2D eigenvalue weighted by atomic mass is 32.2. The van der Waals surface area contributed by atoms with Gasteiger partial charge in [-0.15, -0.1) is 0 Å². The van der Waals surface area contributed by atoms with Crippen LogP contribution in [0.2, 0.25) is 0 Å². The smallest absolute Gasteiger partial charge is 0.279 e. The fourth-order valence-corrected chi connectivity index (χ4v) is 2.58. The van der Waals surface area contributed by atoms with Crippen LogP contribution in [-0.2, 0) is 10.2 Å². The molecule has 1 aliphatic rings. The zero-order valence-corrected chi connectivity index (χ0v) is 9.47. The van der Waals surface area contributed by atoms with E-state index in [2.05, 4.69) is 4.72 Å². The van der Waals surface area contributed by atoms with E-state index >= 15 is 0 Å². The first-order chi connectivity index (χ1) is 6.31. The van der Waals surface area contributed by atoms with Crippen LogP contribution >= 0.6 is 0 Å². The van der Waals surface area contributed by atoms with Crippen molar-refractivity contribution in [2.24, 2.45) is 0 Å². The van der Waals surface area contributed by atoms with Gasteiger partial charge in [0.05, 0.1) is 5.60 Å². The van der Waals surface area contributed by atoms with Gasteiger partial charge in [-0.1, -0.05) is 0 Å². The Bertz CT molecular complexity index is 281. The molecule has 1 fully saturated rings. The molecule has 0 aromatic carbocycles. The third kappa shape index (κ3) is 3.53. The Kier molecular flexibility index (Phi) is 3.52. The van der Waals surface area contributed by atoms with Crippen LogP contribution in [0.3, 0.4) is 0 Å². The third-order valence-corrected chi connectivity index (χ3v) is 3.80. The van der Waals surface area contributed by atoms with Crippen LogP contribution in [0.1, 0.15) is 26.7 Å². The third-order valence-electron chi connectivity index (χ3n) is 2.18. The van der Waals surface area contributed by atoms with Crippen LogP contribution in [0.4, 0.5) is 0 Å². The Morgan fingerprint density at radius 3 is 2.64 bits per heavy atom. The van der Waals surface area contributed by atoms with Crippen molar-refractivity contribution in [3.8, 4) is 0 Å². The van der Waals surface area contributed by atoms with E-state index in [4.69, 9.17) is 0 Å². The zero-order valence-electron chi connectivity index (χ0n) is 8.65. The predicted octanol–water partition coefficient (Wildman–Crippen LogP) is -0.313. The molecule has 84 valence electrons. The Labute approximate surface area is 85.3 Å². The average molecular weight is 222 g/mol. The molecule has 0 aromatic rings. The molecule has 0 radical (unpaired) electrons. The molecule has 0 bridgehead atoms. The van der Waals surface area contributed by atoms with Crippen molar-refractivity contribution < 1.29 is 13.5 Å². The molecule has 1 heterocycles. The monoisotopic (exact) mass is 222 g/mol. The summed E-state index contributed by atoms with van der Waals surface area (Å²) in [5, 5.41) is 9.48. The largest absolute Gasteiger partial charge is 0.390 e. The highest BCUT2D eigenvalue weighted by Crippen LogP contribution is 2.12. The van der Waals surface area contributed by atoms with Gasteiger partial charge in [0.15, 0.2) is 0 Å². The van der Waals surface area contributed by atoms with Crippen LogP contribution < -0.4 is 4.72 Å². The Morgan fingerprint density at radius 1 is 1.50 bits per heavy atom. The fourth-order valence-electron chi connectivity index (χ4n) is 1.30. The lowest BCUT2D eigenvalue weighted by Gasteiger charge is -2.28. The quantitative estimate of drug-likeness (QED) is 0.688. The van der Waals surface area contributed by atoms with Crippen molar-refractivity contribution in [1.29, 1.82) is 0 Å². The van der Waals surface area contributed by atoms with E-state index in [0.29, 0.717) is 26.1 Å².